The minimum absolute atomic E-state index is 0.232. The first-order valence-corrected chi connectivity index (χ1v) is 6.69. The van der Waals surface area contributed by atoms with Gasteiger partial charge in [-0.2, -0.15) is 0 Å². The monoisotopic (exact) mass is 296 g/mol. The topological polar surface area (TPSA) is 56.7 Å². The molecule has 2 aromatic heterocycles. The highest BCUT2D eigenvalue weighted by Gasteiger charge is 2.15. The van der Waals surface area contributed by atoms with Crippen molar-refractivity contribution in [1.82, 2.24) is 14.5 Å². The van der Waals surface area contributed by atoms with E-state index >= 15 is 0 Å². The number of hydrogen-bond donors (Lipinski definition) is 1. The van der Waals surface area contributed by atoms with Crippen molar-refractivity contribution in [3.05, 3.63) is 22.6 Å². The maximum absolute atomic E-state index is 5.76. The van der Waals surface area contributed by atoms with Gasteiger partial charge in [0.25, 0.3) is 0 Å². The van der Waals surface area contributed by atoms with Gasteiger partial charge in [-0.05, 0) is 35.3 Å². The number of aryl methyl sites for hydroxylation is 1. The first kappa shape index (κ1) is 12.5. The molecule has 4 nitrogen and oxygen atoms in total. The third kappa shape index (κ3) is 2.35. The summed E-state index contributed by atoms with van der Waals surface area (Å²) in [6.45, 7) is 4.85. The van der Waals surface area contributed by atoms with Gasteiger partial charge in [0.15, 0.2) is 5.65 Å². The molecule has 17 heavy (non-hydrogen) atoms. The summed E-state index contributed by atoms with van der Waals surface area (Å²) in [5, 5.41) is 0. The van der Waals surface area contributed by atoms with E-state index in [2.05, 4.69) is 44.3 Å². The van der Waals surface area contributed by atoms with Crippen molar-refractivity contribution in [2.45, 2.75) is 32.7 Å². The second kappa shape index (κ2) is 5.14. The number of pyridine rings is 1. The van der Waals surface area contributed by atoms with E-state index in [1.54, 1.807) is 6.20 Å². The molecule has 0 aliphatic rings. The molecule has 0 aliphatic carbocycles. The highest BCUT2D eigenvalue weighted by molar-refractivity contribution is 9.10. The third-order valence-corrected chi connectivity index (χ3v) is 3.26. The zero-order valence-corrected chi connectivity index (χ0v) is 11.7. The number of halogens is 1. The van der Waals surface area contributed by atoms with E-state index in [1.807, 2.05) is 6.07 Å². The van der Waals surface area contributed by atoms with Gasteiger partial charge in [0.2, 0.25) is 0 Å². The van der Waals surface area contributed by atoms with Crippen molar-refractivity contribution in [3.63, 3.8) is 0 Å². The number of rotatable bonds is 4. The molecule has 2 N–H and O–H groups in total. The van der Waals surface area contributed by atoms with Crippen LogP contribution >= 0.6 is 15.9 Å². The van der Waals surface area contributed by atoms with Crippen molar-refractivity contribution < 1.29 is 0 Å². The van der Waals surface area contributed by atoms with E-state index in [9.17, 15) is 0 Å². The quantitative estimate of drug-likeness (QED) is 0.944. The lowest BCUT2D eigenvalue weighted by molar-refractivity contribution is 0.541. The van der Waals surface area contributed by atoms with Crippen LogP contribution in [0.15, 0.2) is 16.7 Å². The van der Waals surface area contributed by atoms with Crippen LogP contribution in [-0.4, -0.2) is 21.1 Å². The Hall–Kier alpha value is -0.940. The summed E-state index contributed by atoms with van der Waals surface area (Å²) in [5.41, 5.74) is 7.62. The number of fused-ring (bicyclic) bond motifs is 1. The predicted molar refractivity (Wildman–Crippen MR) is 73.0 cm³/mol. The molecule has 2 heterocycles. The highest BCUT2D eigenvalue weighted by Crippen LogP contribution is 2.22. The van der Waals surface area contributed by atoms with Crippen molar-refractivity contribution in [2.75, 3.05) is 6.54 Å². The second-order valence-electron chi connectivity index (χ2n) is 4.23. The van der Waals surface area contributed by atoms with Gasteiger partial charge in [0.05, 0.1) is 0 Å². The van der Waals surface area contributed by atoms with Crippen molar-refractivity contribution >= 4 is 27.1 Å². The van der Waals surface area contributed by atoms with Crippen molar-refractivity contribution in [2.24, 2.45) is 5.73 Å². The van der Waals surface area contributed by atoms with Gasteiger partial charge in [-0.15, -0.1) is 0 Å². The minimum Gasteiger partial charge on any atom is -0.328 e. The van der Waals surface area contributed by atoms with Gasteiger partial charge in [-0.25, -0.2) is 9.97 Å². The summed E-state index contributed by atoms with van der Waals surface area (Å²) >= 11 is 3.42. The molecule has 92 valence electrons. The zero-order chi connectivity index (χ0) is 12.4. The molecule has 5 heteroatoms. The molecule has 0 radical (unpaired) electrons. The highest BCUT2D eigenvalue weighted by atomic mass is 79.9. The molecule has 0 aromatic carbocycles. The number of nitrogens with two attached hydrogens (primary N) is 1. The van der Waals surface area contributed by atoms with E-state index in [0.717, 1.165) is 34.3 Å². The molecular formula is C12H17BrN4. The number of imidazole rings is 1. The Morgan fingerprint density at radius 3 is 2.94 bits per heavy atom. The smallest absolute Gasteiger partial charge is 0.160 e. The van der Waals surface area contributed by atoms with Gasteiger partial charge >= 0.3 is 0 Å². The Balaban J connectivity index is 2.62. The largest absolute Gasteiger partial charge is 0.328 e. The van der Waals surface area contributed by atoms with Crippen molar-refractivity contribution in [1.29, 1.82) is 0 Å². The summed E-state index contributed by atoms with van der Waals surface area (Å²) in [7, 11) is 0. The maximum atomic E-state index is 5.76. The molecule has 2 aromatic rings. The third-order valence-electron chi connectivity index (χ3n) is 2.83. The molecule has 1 unspecified atom stereocenters. The summed E-state index contributed by atoms with van der Waals surface area (Å²) in [6.07, 6.45) is 3.83. The second-order valence-corrected chi connectivity index (χ2v) is 5.14. The zero-order valence-electron chi connectivity index (χ0n) is 10.2. The van der Waals surface area contributed by atoms with Crippen LogP contribution in [0.5, 0.6) is 0 Å². The fourth-order valence-corrected chi connectivity index (χ4v) is 2.29. The summed E-state index contributed by atoms with van der Waals surface area (Å²) in [5.74, 6) is 1.08. The van der Waals surface area contributed by atoms with Gasteiger partial charge in [-0.3, -0.25) is 0 Å². The lowest BCUT2D eigenvalue weighted by atomic mass is 10.3. The van der Waals surface area contributed by atoms with Crippen LogP contribution in [-0.2, 0) is 6.42 Å². The van der Waals surface area contributed by atoms with Gasteiger partial charge < -0.3 is 10.3 Å². The van der Waals surface area contributed by atoms with Crippen LogP contribution in [0.3, 0.4) is 0 Å². The molecule has 0 amide bonds. The molecule has 0 bridgehead atoms. The van der Waals surface area contributed by atoms with E-state index < -0.39 is 0 Å². The van der Waals surface area contributed by atoms with Crippen LogP contribution in [0.2, 0.25) is 0 Å². The standard InChI is InChI=1S/C12H17BrN4/c1-3-4-11-16-10-5-9(13)7-15-12(10)17(11)8(2)6-14/h5,7-8H,3-4,6,14H2,1-2H3. The number of hydrogen-bond acceptors (Lipinski definition) is 3. The Bertz CT molecular complexity index is 520. The summed E-state index contributed by atoms with van der Waals surface area (Å²) in [6, 6.07) is 2.23. The first-order chi connectivity index (χ1) is 8.17. The molecule has 0 saturated heterocycles. The van der Waals surface area contributed by atoms with Crippen LogP contribution in [0.1, 0.15) is 32.1 Å². The normalized spacial score (nSPS) is 13.2. The van der Waals surface area contributed by atoms with Crippen LogP contribution < -0.4 is 5.73 Å². The van der Waals surface area contributed by atoms with Gasteiger partial charge in [0.1, 0.15) is 11.3 Å². The number of nitrogens with zero attached hydrogens (tertiary/aromatic N) is 3. The lowest BCUT2D eigenvalue weighted by Gasteiger charge is -2.14. The SMILES string of the molecule is CCCc1nc2cc(Br)cnc2n1C(C)CN. The van der Waals surface area contributed by atoms with Crippen molar-refractivity contribution in [3.8, 4) is 0 Å². The van der Waals surface area contributed by atoms with E-state index in [1.165, 1.54) is 0 Å². The fraction of sp³-hybridized carbons (Fsp3) is 0.500. The average Bonchev–Trinajstić information content (AvgIpc) is 2.65. The molecule has 2 rings (SSSR count). The fourth-order valence-electron chi connectivity index (χ4n) is 1.97. The number of aromatic nitrogens is 3. The Morgan fingerprint density at radius 1 is 1.53 bits per heavy atom. The van der Waals surface area contributed by atoms with Crippen LogP contribution in [0.4, 0.5) is 0 Å². The lowest BCUT2D eigenvalue weighted by Crippen LogP contribution is -2.18. The molecule has 1 atom stereocenters. The molecule has 0 saturated carbocycles. The van der Waals surface area contributed by atoms with Crippen LogP contribution in [0.25, 0.3) is 11.2 Å². The van der Waals surface area contributed by atoms with E-state index in [0.29, 0.717) is 6.54 Å². The molecule has 0 spiro atoms. The Morgan fingerprint density at radius 2 is 2.29 bits per heavy atom. The van der Waals surface area contributed by atoms with Gasteiger partial charge in [-0.1, -0.05) is 6.92 Å². The van der Waals surface area contributed by atoms with Crippen LogP contribution in [0, 0.1) is 0 Å². The Kier molecular flexibility index (Phi) is 3.79. The minimum atomic E-state index is 0.232. The molecule has 0 aliphatic heterocycles. The average molecular weight is 297 g/mol. The maximum Gasteiger partial charge on any atom is 0.160 e. The summed E-state index contributed by atoms with van der Waals surface area (Å²) < 4.78 is 3.11. The van der Waals surface area contributed by atoms with E-state index in [4.69, 9.17) is 5.73 Å². The molecule has 0 fully saturated rings. The predicted octanol–water partition coefficient (Wildman–Crippen LogP) is 2.67. The summed E-state index contributed by atoms with van der Waals surface area (Å²) in [4.78, 5) is 9.10. The van der Waals surface area contributed by atoms with E-state index in [-0.39, 0.29) is 6.04 Å². The first-order valence-electron chi connectivity index (χ1n) is 5.89. The molecular weight excluding hydrogens is 280 g/mol. The van der Waals surface area contributed by atoms with Gasteiger partial charge in [0, 0.05) is 29.7 Å². The Labute approximate surface area is 109 Å².